The Hall–Kier alpha value is -7.68. The normalized spacial score (nSPS) is 13.2. The van der Waals surface area contributed by atoms with Crippen molar-refractivity contribution < 1.29 is 89.2 Å². The smallest absolute Gasteiger partial charge is 0.340 e. The van der Waals surface area contributed by atoms with Crippen molar-refractivity contribution >= 4 is 44.1 Å². The van der Waals surface area contributed by atoms with E-state index in [9.17, 15) is 70.2 Å². The van der Waals surface area contributed by atoms with Crippen molar-refractivity contribution in [2.75, 3.05) is 26.4 Å². The van der Waals surface area contributed by atoms with E-state index in [4.69, 9.17) is 18.9 Å². The van der Waals surface area contributed by atoms with Crippen molar-refractivity contribution in [1.29, 1.82) is 0 Å². The molecule has 0 unspecified atom stereocenters. The van der Waals surface area contributed by atoms with Crippen molar-refractivity contribution in [1.82, 2.24) is 39.9 Å². The summed E-state index contributed by atoms with van der Waals surface area (Å²) in [6, 6.07) is 13.9. The molecule has 378 valence electrons. The van der Waals surface area contributed by atoms with Gasteiger partial charge in [0.15, 0.2) is 49.7 Å². The van der Waals surface area contributed by atoms with Gasteiger partial charge in [0.1, 0.15) is 45.6 Å². The highest BCUT2D eigenvalue weighted by Gasteiger charge is 2.44. The molecule has 0 aliphatic carbocycles. The molecule has 0 fully saturated rings. The fourth-order valence-corrected chi connectivity index (χ4v) is 7.04. The summed E-state index contributed by atoms with van der Waals surface area (Å²) in [6.07, 6.45) is -16.4. The van der Waals surface area contributed by atoms with Crippen molar-refractivity contribution in [3.63, 3.8) is 0 Å². The third kappa shape index (κ3) is 9.59. The Balaban J connectivity index is 1.31. The quantitative estimate of drug-likeness (QED) is 0.0897. The lowest BCUT2D eigenvalue weighted by molar-refractivity contribution is -0.148. The number of H-pyrrole nitrogens is 2. The first kappa shape index (κ1) is 49.3. The predicted molar refractivity (Wildman–Crippen MR) is 222 cm³/mol. The number of aromatic nitrogens is 8. The maximum atomic E-state index is 14.0. The number of fused-ring (bicyclic) bond motifs is 20. The molecule has 0 atom stereocenters. The van der Waals surface area contributed by atoms with Gasteiger partial charge < -0.3 is 28.9 Å². The van der Waals surface area contributed by atoms with Crippen LogP contribution in [-0.4, -0.2) is 116 Å². The summed E-state index contributed by atoms with van der Waals surface area (Å²) >= 11 is 0. The summed E-state index contributed by atoms with van der Waals surface area (Å²) in [4.78, 5) is 33.2. The number of ether oxygens (including phenoxy) is 4. The van der Waals surface area contributed by atoms with E-state index < -0.39 is 75.8 Å². The number of halogens is 16. The lowest BCUT2D eigenvalue weighted by atomic mass is 10.1. The van der Waals surface area contributed by atoms with Crippen LogP contribution in [0.3, 0.4) is 0 Å². The van der Waals surface area contributed by atoms with Crippen LogP contribution in [0.1, 0.15) is 0 Å². The van der Waals surface area contributed by atoms with Crippen LogP contribution in [-0.2, 0) is 0 Å². The number of aromatic amines is 2. The van der Waals surface area contributed by atoms with Crippen LogP contribution in [0.2, 0.25) is 0 Å². The second-order valence-electron chi connectivity index (χ2n) is 15.8. The van der Waals surface area contributed by atoms with Gasteiger partial charge in [0.2, 0.25) is 0 Å². The van der Waals surface area contributed by atoms with Gasteiger partial charge in [-0.05, 0) is 72.8 Å². The average Bonchev–Trinajstić information content (AvgIpc) is 4.06. The number of nitrogens with zero attached hydrogens (tertiary/aromatic N) is 6. The third-order valence-corrected chi connectivity index (χ3v) is 10.7. The summed E-state index contributed by atoms with van der Waals surface area (Å²) in [5.41, 5.74) is -0.578. The van der Waals surface area contributed by atoms with Gasteiger partial charge in [-0.2, -0.15) is 35.1 Å². The number of hydrogen-bond donors (Lipinski definition) is 2. The van der Waals surface area contributed by atoms with Crippen molar-refractivity contribution in [3.8, 4) is 68.5 Å². The van der Waals surface area contributed by atoms with Gasteiger partial charge in [-0.25, -0.2) is 65.0 Å². The Morgan fingerprint density at radius 2 is 0.597 bits per heavy atom. The molecule has 4 aromatic carbocycles. The lowest BCUT2D eigenvalue weighted by Crippen LogP contribution is -2.33. The molecule has 0 amide bonds. The molecule has 0 radical (unpaired) electrons. The summed E-state index contributed by atoms with van der Waals surface area (Å²) in [6.45, 7) is -7.06. The van der Waals surface area contributed by atoms with Crippen molar-refractivity contribution in [3.05, 3.63) is 72.8 Å². The molecule has 72 heavy (non-hydrogen) atoms. The average molecular weight is 1030 g/mol. The Labute approximate surface area is 390 Å². The second-order valence-corrected chi connectivity index (χ2v) is 15.8. The first-order valence-corrected chi connectivity index (χ1v) is 20.4. The molecule has 12 nitrogen and oxygen atoms in total. The van der Waals surface area contributed by atoms with E-state index in [1.807, 2.05) is 0 Å². The zero-order chi connectivity index (χ0) is 51.7. The van der Waals surface area contributed by atoms with E-state index in [2.05, 4.69) is 39.9 Å². The topological polar surface area (TPSA) is 146 Å². The molecule has 0 saturated heterocycles. The molecule has 2 aliphatic heterocycles. The zero-order valence-electron chi connectivity index (χ0n) is 35.4. The van der Waals surface area contributed by atoms with Crippen molar-refractivity contribution in [2.24, 2.45) is 0 Å². The van der Waals surface area contributed by atoms with E-state index >= 15 is 0 Å². The van der Waals surface area contributed by atoms with Gasteiger partial charge >= 0.3 is 49.4 Å². The van der Waals surface area contributed by atoms with Gasteiger partial charge in [-0.3, -0.25) is 0 Å². The lowest BCUT2D eigenvalue weighted by Gasteiger charge is -2.16. The van der Waals surface area contributed by atoms with Crippen LogP contribution in [0, 0.1) is 0 Å². The van der Waals surface area contributed by atoms with Crippen LogP contribution in [0.4, 0.5) is 70.2 Å². The molecule has 7 aromatic rings. The largest absolute Gasteiger partial charge is 0.487 e. The number of benzene rings is 4. The molecule has 28 heteroatoms. The Kier molecular flexibility index (Phi) is 12.4. The molecule has 9 rings (SSSR count). The van der Waals surface area contributed by atoms with Crippen LogP contribution in [0.25, 0.3) is 89.7 Å². The molecule has 2 N–H and O–H groups in total. The summed E-state index contributed by atoms with van der Waals surface area (Å²) in [5, 5.41) is 0.210. The van der Waals surface area contributed by atoms with Crippen molar-refractivity contribution in [2.45, 2.75) is 49.4 Å². The Bertz CT molecular complexity index is 3190. The minimum Gasteiger partial charge on any atom is -0.487 e. The summed E-state index contributed by atoms with van der Waals surface area (Å²) < 4.78 is 236. The highest BCUT2D eigenvalue weighted by molar-refractivity contribution is 6.07. The Morgan fingerprint density at radius 1 is 0.333 bits per heavy atom. The van der Waals surface area contributed by atoms with Crippen LogP contribution >= 0.6 is 0 Å². The first-order chi connectivity index (χ1) is 33.9. The molecule has 5 heterocycles. The maximum Gasteiger partial charge on any atom is 0.340 e. The van der Waals surface area contributed by atoms with E-state index in [-0.39, 0.29) is 113 Å². The summed E-state index contributed by atoms with van der Waals surface area (Å²) in [5.74, 6) is -20.9. The van der Waals surface area contributed by atoms with Gasteiger partial charge in [0, 0.05) is 43.8 Å². The van der Waals surface area contributed by atoms with Crippen LogP contribution in [0.15, 0.2) is 72.8 Å². The SMILES string of the molecule is FC(F)C(F)(F)COc1ccc2c(c1)-c1nc-2nc2[nH]c(nc3nc(nc4[nH]c(n1)c1ccc(OCC(F)(F)C(F)F)cc41)-c1ccc(OCC(F)(F)C(F)F)cc1-3)c1ccc(OCC(F)(F)C(F)F)cc21. The number of alkyl halides is 16. The van der Waals surface area contributed by atoms with Gasteiger partial charge in [0.25, 0.3) is 0 Å². The second kappa shape index (κ2) is 18.2. The number of rotatable bonds is 16. The minimum absolute atomic E-state index is 0.00250. The van der Waals surface area contributed by atoms with Gasteiger partial charge in [0.05, 0.1) is 0 Å². The van der Waals surface area contributed by atoms with Gasteiger partial charge in [-0.1, -0.05) is 0 Å². The minimum atomic E-state index is -4.58. The first-order valence-electron chi connectivity index (χ1n) is 20.4. The van der Waals surface area contributed by atoms with Gasteiger partial charge in [-0.15, -0.1) is 0 Å². The predicted octanol–water partition coefficient (Wildman–Crippen LogP) is 12.0. The fourth-order valence-electron chi connectivity index (χ4n) is 7.04. The Morgan fingerprint density at radius 3 is 0.903 bits per heavy atom. The highest BCUT2D eigenvalue weighted by atomic mass is 19.3. The molecular formula is C44H26F16N8O4. The highest BCUT2D eigenvalue weighted by Crippen LogP contribution is 2.41. The maximum absolute atomic E-state index is 14.0. The molecule has 0 saturated carbocycles. The number of nitrogens with one attached hydrogen (secondary N) is 2. The molecular weight excluding hydrogens is 1010 g/mol. The number of hydrogen-bond acceptors (Lipinski definition) is 10. The molecule has 3 aromatic heterocycles. The van der Waals surface area contributed by atoms with Crippen LogP contribution < -0.4 is 18.9 Å². The third-order valence-electron chi connectivity index (χ3n) is 10.7. The monoisotopic (exact) mass is 1030 g/mol. The molecule has 2 aliphatic rings. The van der Waals surface area contributed by atoms with E-state index in [1.165, 1.54) is 24.3 Å². The van der Waals surface area contributed by atoms with E-state index in [1.54, 1.807) is 0 Å². The molecule has 0 spiro atoms. The molecule has 8 bridgehead atoms. The summed E-state index contributed by atoms with van der Waals surface area (Å²) in [7, 11) is 0. The zero-order valence-corrected chi connectivity index (χ0v) is 35.4. The van der Waals surface area contributed by atoms with E-state index in [0.29, 0.717) is 0 Å². The fraction of sp³-hybridized carbons (Fsp3) is 0.273. The van der Waals surface area contributed by atoms with Crippen LogP contribution in [0.5, 0.6) is 23.0 Å². The van der Waals surface area contributed by atoms with E-state index in [0.717, 1.165) is 48.5 Å². The standard InChI is InChI=1S/C44H26F16N8O4/c45-37(46)41(53,54)13-69-17-1-5-21-25(9-17)33-61-29(21)65-34-26-10-18(70-14-42(55,56)38(47)48)2-6-22(26)31(62-34)67-36-28-12-20(72-16-44(59,60)40(51)52)4-8-24(28)32(64-36)68-35-27-11-19(71-15-43(57,58)39(49)50)3-7-23(27)30(63-35)66-33/h1-12,37-40H,13-16H2,(H2,61,62,63,64,65,66,67,68).